The minimum Gasteiger partial charge on any atom is -0.501 e. The highest BCUT2D eigenvalue weighted by Crippen LogP contribution is 2.56. The Morgan fingerprint density at radius 2 is 2.17 bits per heavy atom. The Bertz CT molecular complexity index is 379. The van der Waals surface area contributed by atoms with Gasteiger partial charge in [-0.3, -0.25) is 9.36 Å². The predicted molar refractivity (Wildman–Crippen MR) is 62.9 cm³/mol. The third kappa shape index (κ3) is 3.34. The lowest BCUT2D eigenvalue weighted by atomic mass is 9.83. The number of fused-ring (bicyclic) bond motifs is 5. The first-order chi connectivity index (χ1) is 8.54. The van der Waals surface area contributed by atoms with Crippen LogP contribution in [0, 0.1) is 5.41 Å². The maximum Gasteiger partial charge on any atom is 0.357 e. The fraction of sp³-hybridized carbons (Fsp3) is 0.727. The third-order valence-corrected chi connectivity index (χ3v) is 4.59. The van der Waals surface area contributed by atoms with Gasteiger partial charge in [0, 0.05) is 12.3 Å². The van der Waals surface area contributed by atoms with Crippen LogP contribution in [0.15, 0.2) is 12.1 Å². The van der Waals surface area contributed by atoms with Gasteiger partial charge in [0.15, 0.2) is 0 Å². The quantitative estimate of drug-likeness (QED) is 0.580. The molecule has 6 nitrogen and oxygen atoms in total. The molecule has 0 unspecified atom stereocenters. The molecule has 102 valence electrons. The van der Waals surface area contributed by atoms with Crippen molar-refractivity contribution < 1.29 is 27.9 Å². The average molecular weight is 276 g/mol. The van der Waals surface area contributed by atoms with E-state index in [2.05, 4.69) is 0 Å². The maximum absolute atomic E-state index is 12.0. The summed E-state index contributed by atoms with van der Waals surface area (Å²) in [6, 6.07) is 0. The molecule has 18 heavy (non-hydrogen) atoms. The van der Waals surface area contributed by atoms with E-state index in [1.54, 1.807) is 0 Å². The number of carbonyl (C=O) groups excluding carboxylic acids is 1. The van der Waals surface area contributed by atoms with Crippen molar-refractivity contribution >= 4 is 13.6 Å². The summed E-state index contributed by atoms with van der Waals surface area (Å²) in [5, 5.41) is 0. The van der Waals surface area contributed by atoms with Gasteiger partial charge in [-0.1, -0.05) is 0 Å². The highest BCUT2D eigenvalue weighted by atomic mass is 31.2. The molecule has 0 aliphatic carbocycles. The minimum absolute atomic E-state index is 0.296. The van der Waals surface area contributed by atoms with Crippen molar-refractivity contribution in [3.05, 3.63) is 12.1 Å². The van der Waals surface area contributed by atoms with Crippen LogP contribution in [0.1, 0.15) is 19.8 Å². The van der Waals surface area contributed by atoms with Gasteiger partial charge in [0.1, 0.15) is 0 Å². The van der Waals surface area contributed by atoms with E-state index in [4.69, 9.17) is 18.5 Å². The summed E-state index contributed by atoms with van der Waals surface area (Å²) >= 11 is 0. The van der Waals surface area contributed by atoms with Crippen molar-refractivity contribution in [3.63, 3.8) is 0 Å². The summed E-state index contributed by atoms with van der Waals surface area (Å²) in [7, 11) is -3.13. The molecule has 0 saturated carbocycles. The van der Waals surface area contributed by atoms with E-state index >= 15 is 0 Å². The molecule has 0 spiro atoms. The summed E-state index contributed by atoms with van der Waals surface area (Å²) in [6.45, 7) is 2.84. The number of hydrogen-bond acceptors (Lipinski definition) is 6. The fourth-order valence-corrected chi connectivity index (χ4v) is 3.29. The van der Waals surface area contributed by atoms with Crippen molar-refractivity contribution in [1.82, 2.24) is 0 Å². The maximum atomic E-state index is 12.0. The average Bonchev–Trinajstić information content (AvgIpc) is 2.44. The van der Waals surface area contributed by atoms with E-state index in [1.165, 1.54) is 19.0 Å². The summed E-state index contributed by atoms with van der Waals surface area (Å²) in [6.07, 6.45) is 2.68. The Labute approximate surface area is 106 Å². The molecule has 3 aliphatic rings. The lowest BCUT2D eigenvalue weighted by Crippen LogP contribution is -2.37. The second kappa shape index (κ2) is 5.43. The van der Waals surface area contributed by atoms with Gasteiger partial charge < -0.3 is 18.5 Å². The normalized spacial score (nSPS) is 35.2. The third-order valence-electron chi connectivity index (χ3n) is 3.13. The zero-order chi connectivity index (χ0) is 13.1. The largest absolute Gasteiger partial charge is 0.501 e. The van der Waals surface area contributed by atoms with E-state index < -0.39 is 7.60 Å². The van der Waals surface area contributed by atoms with Crippen LogP contribution in [-0.2, 0) is 27.9 Å². The Balaban J connectivity index is 2.00. The van der Waals surface area contributed by atoms with Crippen molar-refractivity contribution in [2.24, 2.45) is 5.41 Å². The summed E-state index contributed by atoms with van der Waals surface area (Å²) in [5.74, 6) is 1.03. The van der Waals surface area contributed by atoms with Gasteiger partial charge in [0.05, 0.1) is 38.5 Å². The molecule has 0 radical (unpaired) electrons. The molecule has 3 aliphatic heterocycles. The Morgan fingerprint density at radius 1 is 1.44 bits per heavy atom. The molecule has 1 saturated heterocycles. The number of ether oxygens (including phenoxy) is 2. The molecular formula is C11H17O6P. The van der Waals surface area contributed by atoms with Crippen LogP contribution in [0.4, 0.5) is 0 Å². The SMILES string of the molecule is CC(=O)OCCC12CCOC=CP(=O)(OC1)OC2. The topological polar surface area (TPSA) is 71.1 Å². The fourth-order valence-electron chi connectivity index (χ4n) is 1.90. The van der Waals surface area contributed by atoms with Crippen molar-refractivity contribution in [2.75, 3.05) is 26.4 Å². The molecule has 7 heteroatoms. The predicted octanol–water partition coefficient (Wildman–Crippen LogP) is 2.06. The van der Waals surface area contributed by atoms with E-state index in [1.807, 2.05) is 0 Å². The molecule has 0 atom stereocenters. The van der Waals surface area contributed by atoms with E-state index in [-0.39, 0.29) is 11.4 Å². The lowest BCUT2D eigenvalue weighted by molar-refractivity contribution is -0.142. The van der Waals surface area contributed by atoms with Gasteiger partial charge in [-0.2, -0.15) is 0 Å². The number of esters is 1. The van der Waals surface area contributed by atoms with Crippen LogP contribution >= 0.6 is 7.60 Å². The van der Waals surface area contributed by atoms with Gasteiger partial charge in [-0.05, 0) is 12.8 Å². The Morgan fingerprint density at radius 3 is 2.83 bits per heavy atom. The van der Waals surface area contributed by atoms with Crippen LogP contribution in [0.5, 0.6) is 0 Å². The first-order valence-corrected chi connectivity index (χ1v) is 7.46. The van der Waals surface area contributed by atoms with Crippen LogP contribution in [-0.4, -0.2) is 32.4 Å². The molecule has 0 amide bonds. The first kappa shape index (κ1) is 13.6. The molecule has 0 N–H and O–H groups in total. The van der Waals surface area contributed by atoms with Crippen LogP contribution in [0.3, 0.4) is 0 Å². The Kier molecular flexibility index (Phi) is 4.10. The van der Waals surface area contributed by atoms with Crippen LogP contribution in [0.2, 0.25) is 0 Å². The zero-order valence-electron chi connectivity index (χ0n) is 10.3. The van der Waals surface area contributed by atoms with Gasteiger partial charge in [0.25, 0.3) is 0 Å². The molecule has 0 aromatic rings. The van der Waals surface area contributed by atoms with E-state index in [0.29, 0.717) is 39.3 Å². The second-order valence-electron chi connectivity index (χ2n) is 4.58. The Hall–Kier alpha value is -0.840. The summed E-state index contributed by atoms with van der Waals surface area (Å²) in [5.41, 5.74) is -0.296. The summed E-state index contributed by atoms with van der Waals surface area (Å²) in [4.78, 5) is 10.8. The smallest absolute Gasteiger partial charge is 0.357 e. The number of rotatable bonds is 3. The van der Waals surface area contributed by atoms with Gasteiger partial charge >= 0.3 is 13.6 Å². The second-order valence-corrected chi connectivity index (χ2v) is 6.48. The van der Waals surface area contributed by atoms with Crippen molar-refractivity contribution in [1.29, 1.82) is 0 Å². The molecular weight excluding hydrogens is 259 g/mol. The van der Waals surface area contributed by atoms with Crippen LogP contribution < -0.4 is 0 Å². The molecule has 3 rings (SSSR count). The van der Waals surface area contributed by atoms with Gasteiger partial charge in [-0.15, -0.1) is 0 Å². The van der Waals surface area contributed by atoms with Crippen LogP contribution in [0.25, 0.3) is 0 Å². The minimum atomic E-state index is -3.13. The first-order valence-electron chi connectivity index (χ1n) is 5.85. The molecule has 0 aromatic carbocycles. The molecule has 3 heterocycles. The highest BCUT2D eigenvalue weighted by Gasteiger charge is 2.41. The standard InChI is InChI=1S/C11H17O6P/c1-10(12)15-5-3-11-2-4-14-6-7-18(13,16-8-11)17-9-11/h6-7H,2-5,8-9H2,1H3. The highest BCUT2D eigenvalue weighted by molar-refractivity contribution is 7.57. The molecule has 2 bridgehead atoms. The molecule has 1 fully saturated rings. The van der Waals surface area contributed by atoms with Crippen molar-refractivity contribution in [3.8, 4) is 0 Å². The number of hydrogen-bond donors (Lipinski definition) is 0. The van der Waals surface area contributed by atoms with E-state index in [9.17, 15) is 9.36 Å². The van der Waals surface area contributed by atoms with Crippen molar-refractivity contribution in [2.45, 2.75) is 19.8 Å². The number of carbonyl (C=O) groups is 1. The zero-order valence-corrected chi connectivity index (χ0v) is 11.2. The summed E-state index contributed by atoms with van der Waals surface area (Å²) < 4.78 is 32.8. The van der Waals surface area contributed by atoms with E-state index in [0.717, 1.165) is 0 Å². The monoisotopic (exact) mass is 276 g/mol. The molecule has 0 aromatic heterocycles. The van der Waals surface area contributed by atoms with Gasteiger partial charge in [0.2, 0.25) is 0 Å². The lowest BCUT2D eigenvalue weighted by Gasteiger charge is -2.37. The van der Waals surface area contributed by atoms with Gasteiger partial charge in [-0.25, -0.2) is 0 Å².